The number of hydrogen-bond donors (Lipinski definition) is 1. The van der Waals surface area contributed by atoms with Gasteiger partial charge in [0.1, 0.15) is 6.20 Å². The van der Waals surface area contributed by atoms with Crippen LogP contribution in [0.3, 0.4) is 0 Å². The number of aromatic nitrogens is 2. The summed E-state index contributed by atoms with van der Waals surface area (Å²) < 4.78 is 38.8. The smallest absolute Gasteiger partial charge is 0.272 e. The molecule has 0 saturated heterocycles. The van der Waals surface area contributed by atoms with Crippen molar-refractivity contribution in [1.29, 1.82) is 0 Å². The lowest BCUT2D eigenvalue weighted by atomic mass is 9.95. The molecule has 1 aliphatic rings. The van der Waals surface area contributed by atoms with E-state index in [1.54, 1.807) is 0 Å². The van der Waals surface area contributed by atoms with Crippen LogP contribution >= 0.6 is 0 Å². The molecule has 0 radical (unpaired) electrons. The average molecular weight is 247 g/mol. The van der Waals surface area contributed by atoms with Crippen molar-refractivity contribution in [2.75, 3.05) is 0 Å². The minimum Gasteiger partial charge on any atom is -0.272 e. The van der Waals surface area contributed by atoms with Gasteiger partial charge < -0.3 is 0 Å². The number of nitrogens with zero attached hydrogens (tertiary/aromatic N) is 4. The first-order chi connectivity index (χ1) is 7.88. The molecular weight excluding hydrogens is 243 g/mol. The van der Waals surface area contributed by atoms with Crippen LogP contribution in [0.15, 0.2) is 28.7 Å². The van der Waals surface area contributed by atoms with Crippen LogP contribution in [0.1, 0.15) is 5.69 Å². The molecule has 2 heterocycles. The Morgan fingerprint density at radius 2 is 2.18 bits per heavy atom. The molecule has 2 rings (SSSR count). The molecule has 1 N–H and O–H groups in total. The highest BCUT2D eigenvalue weighted by Crippen LogP contribution is 2.47. The van der Waals surface area contributed by atoms with Crippen LogP contribution in [0.5, 0.6) is 0 Å². The summed E-state index contributed by atoms with van der Waals surface area (Å²) in [5.41, 5.74) is -4.40. The Hall–Kier alpha value is -2.26. The molecule has 0 fully saturated rings. The van der Waals surface area contributed by atoms with Gasteiger partial charge in [0.15, 0.2) is 5.69 Å². The topological polar surface area (TPSA) is 96.5 Å². The molecule has 0 bridgehead atoms. The fourth-order valence-electron chi connectivity index (χ4n) is 1.42. The number of rotatable bonds is 2. The third-order valence-electron chi connectivity index (χ3n) is 2.23. The minimum atomic E-state index is -4.85. The second-order valence-corrected chi connectivity index (χ2v) is 3.18. The summed E-state index contributed by atoms with van der Waals surface area (Å²) in [4.78, 5) is 9.63. The summed E-state index contributed by atoms with van der Waals surface area (Å²) in [6, 6.07) is 0. The van der Waals surface area contributed by atoms with Crippen molar-refractivity contribution in [3.05, 3.63) is 34.3 Å². The van der Waals surface area contributed by atoms with Crippen LogP contribution in [0.4, 0.5) is 18.9 Å². The Kier molecular flexibility index (Phi) is 2.22. The zero-order valence-corrected chi connectivity index (χ0v) is 7.97. The highest BCUT2D eigenvalue weighted by Gasteiger charge is 2.60. The van der Waals surface area contributed by atoms with Gasteiger partial charge in [-0.05, 0) is 6.08 Å². The van der Waals surface area contributed by atoms with Gasteiger partial charge in [0.05, 0.1) is 4.92 Å². The summed E-state index contributed by atoms with van der Waals surface area (Å²) in [7, 11) is 0. The molecular formula is C7H4F3N5O2. The molecule has 17 heavy (non-hydrogen) atoms. The Morgan fingerprint density at radius 3 is 2.65 bits per heavy atom. The number of aromatic amines is 1. The number of nitrogens with one attached hydrogen (secondary N) is 1. The number of H-pyrrole nitrogens is 1. The fourth-order valence-corrected chi connectivity index (χ4v) is 1.42. The normalized spacial score (nSPS) is 23.2. The zero-order valence-electron chi connectivity index (χ0n) is 7.97. The molecule has 0 spiro atoms. The van der Waals surface area contributed by atoms with Gasteiger partial charge in [0.25, 0.3) is 0 Å². The van der Waals surface area contributed by atoms with Crippen molar-refractivity contribution in [3.8, 4) is 0 Å². The predicted octanol–water partition coefficient (Wildman–Crippen LogP) is 2.05. The van der Waals surface area contributed by atoms with Gasteiger partial charge in [-0.25, -0.2) is 0 Å². The lowest BCUT2D eigenvalue weighted by Crippen LogP contribution is -2.38. The van der Waals surface area contributed by atoms with E-state index in [2.05, 4.69) is 15.3 Å². The maximum atomic E-state index is 12.9. The highest BCUT2D eigenvalue weighted by molar-refractivity contribution is 5.43. The summed E-state index contributed by atoms with van der Waals surface area (Å²) in [5, 5.41) is 21.9. The molecule has 7 nitrogen and oxygen atoms in total. The van der Waals surface area contributed by atoms with E-state index in [-0.39, 0.29) is 0 Å². The Labute approximate surface area is 91.2 Å². The van der Waals surface area contributed by atoms with Crippen LogP contribution in [0.25, 0.3) is 0 Å². The molecule has 1 unspecified atom stereocenters. The standard InChI is InChI=1S/C7H4F3N5O2/c8-7(9,10)6(1-2-11-14-6)5-4(15(16)17)3-12-13-5/h1-3H,(H,12,13). The fraction of sp³-hybridized carbons (Fsp3) is 0.286. The number of hydrogen-bond acceptors (Lipinski definition) is 5. The molecule has 0 saturated carbocycles. The summed E-state index contributed by atoms with van der Waals surface area (Å²) in [5.74, 6) is 0. The second kappa shape index (κ2) is 3.37. The molecule has 0 aromatic carbocycles. The third-order valence-corrected chi connectivity index (χ3v) is 2.23. The van der Waals surface area contributed by atoms with Crippen molar-refractivity contribution in [3.63, 3.8) is 0 Å². The van der Waals surface area contributed by atoms with E-state index in [1.807, 2.05) is 5.10 Å². The van der Waals surface area contributed by atoms with Crippen LogP contribution in [0, 0.1) is 10.1 Å². The van der Waals surface area contributed by atoms with Gasteiger partial charge in [0, 0.05) is 6.20 Å². The van der Waals surface area contributed by atoms with E-state index in [4.69, 9.17) is 0 Å². The van der Waals surface area contributed by atoms with Gasteiger partial charge >= 0.3 is 11.9 Å². The molecule has 0 amide bonds. The molecule has 0 aliphatic carbocycles. The highest BCUT2D eigenvalue weighted by atomic mass is 19.4. The number of alkyl halides is 3. The van der Waals surface area contributed by atoms with E-state index in [0.29, 0.717) is 12.3 Å². The Bertz CT molecular complexity index is 506. The molecule has 1 aliphatic heterocycles. The first kappa shape index (κ1) is 11.2. The van der Waals surface area contributed by atoms with E-state index in [0.717, 1.165) is 6.20 Å². The van der Waals surface area contributed by atoms with Crippen LogP contribution in [-0.2, 0) is 5.54 Å². The first-order valence-electron chi connectivity index (χ1n) is 4.23. The maximum Gasteiger partial charge on any atom is 0.425 e. The van der Waals surface area contributed by atoms with Gasteiger partial charge in [-0.1, -0.05) is 0 Å². The van der Waals surface area contributed by atoms with Gasteiger partial charge in [-0.3, -0.25) is 15.2 Å². The zero-order chi connectivity index (χ0) is 12.7. The Morgan fingerprint density at radius 1 is 1.47 bits per heavy atom. The summed E-state index contributed by atoms with van der Waals surface area (Å²) in [6.45, 7) is 0. The second-order valence-electron chi connectivity index (χ2n) is 3.18. The van der Waals surface area contributed by atoms with Gasteiger partial charge in [-0.2, -0.15) is 28.5 Å². The predicted molar refractivity (Wildman–Crippen MR) is 47.0 cm³/mol. The maximum absolute atomic E-state index is 12.9. The van der Waals surface area contributed by atoms with E-state index in [9.17, 15) is 23.3 Å². The van der Waals surface area contributed by atoms with Gasteiger partial charge in [-0.15, -0.1) is 0 Å². The van der Waals surface area contributed by atoms with E-state index < -0.39 is 28.0 Å². The Balaban J connectivity index is 2.64. The van der Waals surface area contributed by atoms with Gasteiger partial charge in [0.2, 0.25) is 5.54 Å². The number of halogens is 3. The number of azo groups is 1. The lowest BCUT2D eigenvalue weighted by Gasteiger charge is -2.23. The van der Waals surface area contributed by atoms with Crippen molar-refractivity contribution < 1.29 is 18.1 Å². The number of nitro groups is 1. The van der Waals surface area contributed by atoms with Crippen molar-refractivity contribution >= 4 is 5.69 Å². The third kappa shape index (κ3) is 1.48. The minimum absolute atomic E-state index is 0.632. The summed E-state index contributed by atoms with van der Waals surface area (Å²) >= 11 is 0. The molecule has 10 heteroatoms. The molecule has 1 aromatic heterocycles. The monoisotopic (exact) mass is 247 g/mol. The SMILES string of the molecule is O=[N+]([O-])c1cn[nH]c1C1(C(F)(F)F)C=CN=N1. The molecule has 90 valence electrons. The van der Waals surface area contributed by atoms with E-state index >= 15 is 0 Å². The van der Waals surface area contributed by atoms with Crippen LogP contribution in [0.2, 0.25) is 0 Å². The molecule has 1 atom stereocenters. The molecule has 1 aromatic rings. The van der Waals surface area contributed by atoms with Crippen LogP contribution in [-0.4, -0.2) is 21.3 Å². The quantitative estimate of drug-likeness (QED) is 0.639. The van der Waals surface area contributed by atoms with Crippen molar-refractivity contribution in [2.24, 2.45) is 10.2 Å². The first-order valence-corrected chi connectivity index (χ1v) is 4.23. The van der Waals surface area contributed by atoms with Crippen LogP contribution < -0.4 is 0 Å². The lowest BCUT2D eigenvalue weighted by molar-refractivity contribution is -0.386. The van der Waals surface area contributed by atoms with Crippen molar-refractivity contribution in [1.82, 2.24) is 10.2 Å². The van der Waals surface area contributed by atoms with E-state index in [1.165, 1.54) is 0 Å². The largest absolute Gasteiger partial charge is 0.425 e. The van der Waals surface area contributed by atoms with Crippen molar-refractivity contribution in [2.45, 2.75) is 11.7 Å². The average Bonchev–Trinajstić information content (AvgIpc) is 2.85. The summed E-state index contributed by atoms with van der Waals surface area (Å²) in [6.07, 6.45) is -2.68.